The summed E-state index contributed by atoms with van der Waals surface area (Å²) in [6.45, 7) is 6.09. The van der Waals surface area contributed by atoms with Crippen LogP contribution in [0.2, 0.25) is 0 Å². The van der Waals surface area contributed by atoms with E-state index in [-0.39, 0.29) is 21.7 Å². The van der Waals surface area contributed by atoms with Crippen LogP contribution in [-0.2, 0) is 14.6 Å². The zero-order chi connectivity index (χ0) is 29.1. The van der Waals surface area contributed by atoms with Gasteiger partial charge in [0.2, 0.25) is 9.84 Å². The van der Waals surface area contributed by atoms with Gasteiger partial charge in [0.25, 0.3) is 5.91 Å². The number of methoxy groups -OCH3 is 1. The number of anilines is 3. The number of fused-ring (bicyclic) bond motifs is 1. The molecule has 0 bridgehead atoms. The minimum absolute atomic E-state index is 0.0419. The summed E-state index contributed by atoms with van der Waals surface area (Å²) < 4.78 is 45.4. The second-order valence-electron chi connectivity index (χ2n) is 10.2. The number of piperazine rings is 1. The monoisotopic (exact) mass is 580 g/mol. The van der Waals surface area contributed by atoms with E-state index in [1.807, 2.05) is 19.1 Å². The fraction of sp³-hybridized carbons (Fsp3) is 0.310. The predicted octanol–water partition coefficient (Wildman–Crippen LogP) is 3.99. The van der Waals surface area contributed by atoms with Gasteiger partial charge in [-0.25, -0.2) is 12.8 Å². The molecular formula is C29H33FN6O4S. The van der Waals surface area contributed by atoms with Crippen LogP contribution in [0.15, 0.2) is 70.5 Å². The number of rotatable bonds is 9. The van der Waals surface area contributed by atoms with Crippen LogP contribution < -0.4 is 15.5 Å². The van der Waals surface area contributed by atoms with E-state index in [9.17, 15) is 17.6 Å². The van der Waals surface area contributed by atoms with Gasteiger partial charge in [-0.05, 0) is 68.6 Å². The highest BCUT2D eigenvalue weighted by Crippen LogP contribution is 2.30. The molecule has 10 nitrogen and oxygen atoms in total. The molecule has 1 aliphatic rings. The summed E-state index contributed by atoms with van der Waals surface area (Å²) in [6.07, 6.45) is 0. The number of halogens is 1. The number of sulfone groups is 1. The Labute approximate surface area is 238 Å². The molecular weight excluding hydrogens is 547 g/mol. The molecule has 216 valence electrons. The molecule has 0 saturated carbocycles. The van der Waals surface area contributed by atoms with E-state index in [1.165, 1.54) is 30.3 Å². The van der Waals surface area contributed by atoms with E-state index < -0.39 is 21.6 Å². The lowest BCUT2D eigenvalue weighted by Crippen LogP contribution is -2.44. The second kappa shape index (κ2) is 11.9. The van der Waals surface area contributed by atoms with Crippen molar-refractivity contribution in [2.75, 3.05) is 62.5 Å². The number of carbonyl (C=O) groups is 1. The molecule has 0 radical (unpaired) electrons. The molecule has 1 atom stereocenters. The van der Waals surface area contributed by atoms with Crippen molar-refractivity contribution < 1.29 is 22.3 Å². The predicted molar refractivity (Wildman–Crippen MR) is 157 cm³/mol. The molecule has 4 aromatic rings. The Morgan fingerprint density at radius 3 is 2.56 bits per heavy atom. The number of aromatic nitrogens is 2. The van der Waals surface area contributed by atoms with Gasteiger partial charge in [-0.15, -0.1) is 0 Å². The lowest BCUT2D eigenvalue weighted by Gasteiger charge is -2.34. The average molecular weight is 581 g/mol. The molecule has 1 amide bonds. The third kappa shape index (κ3) is 6.19. The van der Waals surface area contributed by atoms with Gasteiger partial charge < -0.3 is 25.2 Å². The van der Waals surface area contributed by atoms with Gasteiger partial charge in [0.1, 0.15) is 5.82 Å². The Balaban J connectivity index is 1.45. The first-order chi connectivity index (χ1) is 19.7. The molecule has 1 fully saturated rings. The molecule has 1 aromatic heterocycles. The van der Waals surface area contributed by atoms with Crippen molar-refractivity contribution in [1.82, 2.24) is 15.1 Å². The smallest absolute Gasteiger partial charge is 0.258 e. The van der Waals surface area contributed by atoms with Crippen molar-refractivity contribution in [1.29, 1.82) is 0 Å². The third-order valence-corrected chi connectivity index (χ3v) is 8.87. The summed E-state index contributed by atoms with van der Waals surface area (Å²) >= 11 is 0. The molecule has 41 heavy (non-hydrogen) atoms. The number of amides is 1. The van der Waals surface area contributed by atoms with E-state index in [1.54, 1.807) is 19.2 Å². The van der Waals surface area contributed by atoms with Crippen molar-refractivity contribution in [2.24, 2.45) is 0 Å². The van der Waals surface area contributed by atoms with Gasteiger partial charge in [0.05, 0.1) is 27.5 Å². The SMILES string of the molecule is COC[C@H](C)Nc1cc(N2CCN(C)CC2)ccc1C(=O)Nc1n[nH]c2ccc(S(=O)(=O)c3cccc(F)c3)cc12. The van der Waals surface area contributed by atoms with Crippen LogP contribution in [0.4, 0.5) is 21.6 Å². The molecule has 0 aliphatic carbocycles. The number of benzene rings is 3. The van der Waals surface area contributed by atoms with E-state index in [2.05, 4.69) is 37.7 Å². The first-order valence-corrected chi connectivity index (χ1v) is 14.8. The number of carbonyl (C=O) groups excluding carboxylic acids is 1. The highest BCUT2D eigenvalue weighted by atomic mass is 32.2. The van der Waals surface area contributed by atoms with E-state index in [0.717, 1.165) is 37.9 Å². The topological polar surface area (TPSA) is 120 Å². The maximum atomic E-state index is 13.7. The number of aromatic amines is 1. The Hall–Kier alpha value is -4.00. The lowest BCUT2D eigenvalue weighted by molar-refractivity contribution is 0.102. The number of nitrogens with one attached hydrogen (secondary N) is 3. The fourth-order valence-electron chi connectivity index (χ4n) is 4.87. The number of H-pyrrole nitrogens is 1. The van der Waals surface area contributed by atoms with E-state index in [0.29, 0.717) is 28.8 Å². The third-order valence-electron chi connectivity index (χ3n) is 7.12. The van der Waals surface area contributed by atoms with Crippen molar-refractivity contribution in [3.63, 3.8) is 0 Å². The zero-order valence-electron chi connectivity index (χ0n) is 23.1. The van der Waals surface area contributed by atoms with Gasteiger partial charge >= 0.3 is 0 Å². The van der Waals surface area contributed by atoms with Gasteiger partial charge in [-0.3, -0.25) is 9.89 Å². The fourth-order valence-corrected chi connectivity index (χ4v) is 6.19. The highest BCUT2D eigenvalue weighted by Gasteiger charge is 2.22. The summed E-state index contributed by atoms with van der Waals surface area (Å²) in [4.78, 5) is 17.9. The normalized spacial score (nSPS) is 15.2. The van der Waals surface area contributed by atoms with Crippen molar-refractivity contribution >= 4 is 43.8 Å². The molecule has 1 aliphatic heterocycles. The average Bonchev–Trinajstić information content (AvgIpc) is 3.35. The Morgan fingerprint density at radius 1 is 1.07 bits per heavy atom. The Morgan fingerprint density at radius 2 is 1.83 bits per heavy atom. The van der Waals surface area contributed by atoms with E-state index >= 15 is 0 Å². The lowest BCUT2D eigenvalue weighted by atomic mass is 10.1. The summed E-state index contributed by atoms with van der Waals surface area (Å²) in [5.74, 6) is -0.875. The zero-order valence-corrected chi connectivity index (χ0v) is 24.0. The molecule has 2 heterocycles. The van der Waals surface area contributed by atoms with Crippen LogP contribution in [0.25, 0.3) is 10.9 Å². The van der Waals surface area contributed by atoms with Crippen LogP contribution in [0, 0.1) is 5.82 Å². The van der Waals surface area contributed by atoms with Crippen LogP contribution in [0.1, 0.15) is 17.3 Å². The minimum Gasteiger partial charge on any atom is -0.383 e. The van der Waals surface area contributed by atoms with E-state index in [4.69, 9.17) is 4.74 Å². The molecule has 3 aromatic carbocycles. The second-order valence-corrected chi connectivity index (χ2v) is 12.2. The molecule has 1 saturated heterocycles. The number of nitrogens with zero attached hydrogens (tertiary/aromatic N) is 3. The number of likely N-dealkylation sites (N-methyl/N-ethyl adjacent to an activating group) is 1. The van der Waals surface area contributed by atoms with Gasteiger partial charge in [-0.1, -0.05) is 6.07 Å². The molecule has 12 heteroatoms. The van der Waals surface area contributed by atoms with Crippen molar-refractivity contribution in [3.05, 3.63) is 72.0 Å². The first kappa shape index (κ1) is 28.5. The van der Waals surface area contributed by atoms with Crippen molar-refractivity contribution in [2.45, 2.75) is 22.8 Å². The van der Waals surface area contributed by atoms with Crippen LogP contribution in [0.5, 0.6) is 0 Å². The Kier molecular flexibility index (Phi) is 8.25. The summed E-state index contributed by atoms with van der Waals surface area (Å²) in [7, 11) is -0.274. The standard InChI is InChI=1S/C29H33FN6O4S/c1-19(18-40-3)31-27-16-21(36-13-11-35(2)12-14-36)7-9-24(27)29(37)32-28-25-17-23(8-10-26(25)33-34-28)41(38,39)22-6-4-5-20(30)15-22/h4-10,15-17,19,31H,11-14,18H2,1-3H3,(H2,32,33,34,37)/t19-/m0/s1. The quantitative estimate of drug-likeness (QED) is 0.272. The highest BCUT2D eigenvalue weighted by molar-refractivity contribution is 7.91. The minimum atomic E-state index is -4.00. The van der Waals surface area contributed by atoms with Crippen LogP contribution >= 0.6 is 0 Å². The summed E-state index contributed by atoms with van der Waals surface area (Å²) in [5, 5.41) is 13.7. The number of hydrogen-bond donors (Lipinski definition) is 3. The van der Waals surface area contributed by atoms with Gasteiger partial charge in [0.15, 0.2) is 5.82 Å². The summed E-state index contributed by atoms with van der Waals surface area (Å²) in [6, 6.07) is 14.9. The number of ether oxygens (including phenoxy) is 1. The first-order valence-electron chi connectivity index (χ1n) is 13.3. The molecule has 5 rings (SSSR count). The van der Waals surface area contributed by atoms with Crippen LogP contribution in [0.3, 0.4) is 0 Å². The maximum absolute atomic E-state index is 13.7. The van der Waals surface area contributed by atoms with Gasteiger partial charge in [0, 0.05) is 56.1 Å². The largest absolute Gasteiger partial charge is 0.383 e. The Bertz CT molecular complexity index is 1670. The van der Waals surface area contributed by atoms with Gasteiger partial charge in [-0.2, -0.15) is 5.10 Å². The molecule has 0 spiro atoms. The molecule has 0 unspecified atom stereocenters. The summed E-state index contributed by atoms with van der Waals surface area (Å²) in [5.41, 5.74) is 2.61. The van der Waals surface area contributed by atoms with Crippen LogP contribution in [-0.4, -0.2) is 82.4 Å². The van der Waals surface area contributed by atoms with Crippen molar-refractivity contribution in [3.8, 4) is 0 Å². The number of hydrogen-bond acceptors (Lipinski definition) is 8. The maximum Gasteiger partial charge on any atom is 0.258 e. The molecule has 3 N–H and O–H groups in total.